The van der Waals surface area contributed by atoms with Crippen molar-refractivity contribution in [2.24, 2.45) is 0 Å². The number of carbonyl (C=O) groups is 1. The maximum atomic E-state index is 11.4. The van der Waals surface area contributed by atoms with Gasteiger partial charge in [-0.25, -0.2) is 0 Å². The topological polar surface area (TPSA) is 38.5 Å². The number of nitrogens with zero attached hydrogens (tertiary/aromatic N) is 1. The maximum Gasteiger partial charge on any atom is 0.251 e. The summed E-state index contributed by atoms with van der Waals surface area (Å²) in [6.45, 7) is 2.79. The third-order valence-electron chi connectivity index (χ3n) is 3.30. The van der Waals surface area contributed by atoms with E-state index in [2.05, 4.69) is 0 Å². The SMILES string of the molecule is C[C@@H](OCc1ccccc1)C1C2OCC(=O)N21. The van der Waals surface area contributed by atoms with E-state index in [1.165, 1.54) is 0 Å². The zero-order valence-corrected chi connectivity index (χ0v) is 9.70. The predicted octanol–water partition coefficient (Wildman–Crippen LogP) is 1.16. The molecule has 0 bridgehead atoms. The molecule has 1 aromatic rings. The molecule has 2 saturated heterocycles. The van der Waals surface area contributed by atoms with Crippen molar-refractivity contribution in [3.8, 4) is 0 Å². The van der Waals surface area contributed by atoms with E-state index in [1.807, 2.05) is 37.3 Å². The first kappa shape index (κ1) is 10.7. The highest BCUT2D eigenvalue weighted by atomic mass is 16.6. The van der Waals surface area contributed by atoms with Crippen molar-refractivity contribution in [1.82, 2.24) is 4.90 Å². The van der Waals surface area contributed by atoms with Crippen molar-refractivity contribution in [3.05, 3.63) is 35.9 Å². The van der Waals surface area contributed by atoms with Gasteiger partial charge in [0.15, 0.2) is 6.23 Å². The van der Waals surface area contributed by atoms with Crippen molar-refractivity contribution >= 4 is 5.91 Å². The monoisotopic (exact) mass is 233 g/mol. The zero-order chi connectivity index (χ0) is 11.8. The van der Waals surface area contributed by atoms with E-state index < -0.39 is 0 Å². The zero-order valence-electron chi connectivity index (χ0n) is 9.70. The first-order valence-electron chi connectivity index (χ1n) is 5.85. The minimum Gasteiger partial charge on any atom is -0.372 e. The van der Waals surface area contributed by atoms with Gasteiger partial charge in [-0.15, -0.1) is 0 Å². The van der Waals surface area contributed by atoms with Gasteiger partial charge in [0.2, 0.25) is 0 Å². The molecule has 3 atom stereocenters. The molecule has 0 spiro atoms. The number of carbonyl (C=O) groups excluding carboxylic acids is 1. The van der Waals surface area contributed by atoms with Crippen LogP contribution in [0.5, 0.6) is 0 Å². The summed E-state index contributed by atoms with van der Waals surface area (Å²) in [5, 5.41) is 0. The van der Waals surface area contributed by atoms with Crippen molar-refractivity contribution in [1.29, 1.82) is 0 Å². The lowest BCUT2D eigenvalue weighted by Gasteiger charge is -2.13. The van der Waals surface area contributed by atoms with Crippen molar-refractivity contribution in [2.75, 3.05) is 6.61 Å². The molecular weight excluding hydrogens is 218 g/mol. The normalized spacial score (nSPS) is 28.1. The molecule has 90 valence electrons. The van der Waals surface area contributed by atoms with Gasteiger partial charge in [0.1, 0.15) is 12.6 Å². The van der Waals surface area contributed by atoms with Crippen LogP contribution in [0.15, 0.2) is 30.3 Å². The summed E-state index contributed by atoms with van der Waals surface area (Å²) in [6.07, 6.45) is -0.0160. The Bertz CT molecular complexity index is 420. The Morgan fingerprint density at radius 1 is 1.47 bits per heavy atom. The van der Waals surface area contributed by atoms with Gasteiger partial charge in [-0.1, -0.05) is 30.3 Å². The molecule has 17 heavy (non-hydrogen) atoms. The number of amides is 1. The standard InChI is InChI=1S/C13H15NO3/c1-9(12-13-14(12)11(15)8-17-13)16-7-10-5-3-2-4-6-10/h2-6,9,12-13H,7-8H2,1H3/t9-,12?,13?,14?/m1/s1. The molecule has 2 aliphatic heterocycles. The third-order valence-corrected chi connectivity index (χ3v) is 3.30. The third kappa shape index (κ3) is 1.94. The summed E-state index contributed by atoms with van der Waals surface area (Å²) in [5.74, 6) is 0.0789. The van der Waals surface area contributed by atoms with Gasteiger partial charge in [-0.2, -0.15) is 0 Å². The van der Waals surface area contributed by atoms with Crippen molar-refractivity contribution < 1.29 is 14.3 Å². The van der Waals surface area contributed by atoms with Crippen LogP contribution in [0.2, 0.25) is 0 Å². The van der Waals surface area contributed by atoms with E-state index >= 15 is 0 Å². The molecule has 2 heterocycles. The van der Waals surface area contributed by atoms with Crippen LogP contribution in [-0.4, -0.2) is 35.8 Å². The molecule has 4 heteroatoms. The summed E-state index contributed by atoms with van der Waals surface area (Å²) in [7, 11) is 0. The Balaban J connectivity index is 1.52. The fourth-order valence-corrected chi connectivity index (χ4v) is 2.30. The van der Waals surface area contributed by atoms with Crippen LogP contribution in [0, 0.1) is 0 Å². The Morgan fingerprint density at radius 2 is 2.24 bits per heavy atom. The van der Waals surface area contributed by atoms with Gasteiger partial charge in [-0.3, -0.25) is 4.79 Å². The lowest BCUT2D eigenvalue weighted by Crippen LogP contribution is -2.26. The Hall–Kier alpha value is -1.39. The van der Waals surface area contributed by atoms with E-state index in [9.17, 15) is 4.79 Å². The van der Waals surface area contributed by atoms with Crippen LogP contribution in [-0.2, 0) is 20.9 Å². The molecule has 2 aliphatic rings. The fourth-order valence-electron chi connectivity index (χ4n) is 2.30. The average molecular weight is 233 g/mol. The number of benzene rings is 1. The van der Waals surface area contributed by atoms with E-state index in [4.69, 9.17) is 9.47 Å². The highest BCUT2D eigenvalue weighted by Crippen LogP contribution is 2.37. The van der Waals surface area contributed by atoms with E-state index in [0.29, 0.717) is 6.61 Å². The summed E-state index contributed by atoms with van der Waals surface area (Å²) >= 11 is 0. The lowest BCUT2D eigenvalue weighted by atomic mass is 10.2. The molecular formula is C13H15NO3. The minimum atomic E-state index is -0.0340. The highest BCUT2D eigenvalue weighted by molar-refractivity contribution is 5.83. The summed E-state index contributed by atoms with van der Waals surface area (Å²) in [4.78, 5) is 13.1. The Labute approximate surface area is 100 Å². The summed E-state index contributed by atoms with van der Waals surface area (Å²) in [5.41, 5.74) is 1.15. The van der Waals surface area contributed by atoms with Crippen LogP contribution in [0.3, 0.4) is 0 Å². The largest absolute Gasteiger partial charge is 0.372 e. The van der Waals surface area contributed by atoms with Gasteiger partial charge in [0, 0.05) is 0 Å². The smallest absolute Gasteiger partial charge is 0.251 e. The number of rotatable bonds is 4. The minimum absolute atomic E-state index is 0.0180. The second-order valence-corrected chi connectivity index (χ2v) is 4.49. The van der Waals surface area contributed by atoms with Gasteiger partial charge in [0.25, 0.3) is 5.91 Å². The molecule has 2 unspecified atom stereocenters. The van der Waals surface area contributed by atoms with Crippen LogP contribution < -0.4 is 0 Å². The van der Waals surface area contributed by atoms with Crippen LogP contribution >= 0.6 is 0 Å². The quantitative estimate of drug-likeness (QED) is 0.732. The molecule has 4 nitrogen and oxygen atoms in total. The van der Waals surface area contributed by atoms with Gasteiger partial charge in [-0.05, 0) is 12.5 Å². The van der Waals surface area contributed by atoms with Crippen molar-refractivity contribution in [2.45, 2.75) is 31.9 Å². The van der Waals surface area contributed by atoms with E-state index in [-0.39, 0.29) is 30.9 Å². The summed E-state index contributed by atoms with van der Waals surface area (Å²) < 4.78 is 11.1. The number of hydrogen-bond acceptors (Lipinski definition) is 3. The molecule has 1 aromatic carbocycles. The predicted molar refractivity (Wildman–Crippen MR) is 61.1 cm³/mol. The molecule has 0 aliphatic carbocycles. The summed E-state index contributed by atoms with van der Waals surface area (Å²) in [6, 6.07) is 10.1. The van der Waals surface area contributed by atoms with Gasteiger partial charge in [0.05, 0.1) is 12.7 Å². The van der Waals surface area contributed by atoms with E-state index in [1.54, 1.807) is 4.90 Å². The molecule has 0 radical (unpaired) electrons. The van der Waals surface area contributed by atoms with Crippen LogP contribution in [0.1, 0.15) is 12.5 Å². The molecule has 3 rings (SSSR count). The average Bonchev–Trinajstić information content (AvgIpc) is 2.98. The number of fused-ring (bicyclic) bond motifs is 1. The lowest BCUT2D eigenvalue weighted by molar-refractivity contribution is -0.126. The molecule has 0 aromatic heterocycles. The van der Waals surface area contributed by atoms with Gasteiger partial charge < -0.3 is 14.4 Å². The van der Waals surface area contributed by atoms with Crippen LogP contribution in [0.25, 0.3) is 0 Å². The first-order valence-corrected chi connectivity index (χ1v) is 5.85. The molecule has 0 N–H and O–H groups in total. The molecule has 0 saturated carbocycles. The number of morpholine rings is 1. The second-order valence-electron chi connectivity index (χ2n) is 4.49. The number of hydrogen-bond donors (Lipinski definition) is 0. The number of ether oxygens (including phenoxy) is 2. The van der Waals surface area contributed by atoms with Crippen LogP contribution in [0.4, 0.5) is 0 Å². The van der Waals surface area contributed by atoms with E-state index in [0.717, 1.165) is 5.56 Å². The highest BCUT2D eigenvalue weighted by Gasteiger charge is 2.59. The molecule has 1 amide bonds. The Morgan fingerprint density at radius 3 is 2.88 bits per heavy atom. The van der Waals surface area contributed by atoms with Crippen molar-refractivity contribution in [3.63, 3.8) is 0 Å². The fraction of sp³-hybridized carbons (Fsp3) is 0.462. The molecule has 2 fully saturated rings. The van der Waals surface area contributed by atoms with Gasteiger partial charge >= 0.3 is 0 Å². The Kier molecular flexibility index (Phi) is 2.61. The second kappa shape index (κ2) is 4.13. The first-order chi connectivity index (χ1) is 8.27. The maximum absolute atomic E-state index is 11.4.